The second-order valence-corrected chi connectivity index (χ2v) is 4.55. The van der Waals surface area contributed by atoms with Gasteiger partial charge in [-0.25, -0.2) is 0 Å². The number of nitrogens with one attached hydrogen (secondary N) is 1. The second-order valence-electron chi connectivity index (χ2n) is 4.55. The number of aromatic nitrogens is 4. The standard InChI is InChI=1S/C13H17N5O3/c1-3-17-8-11(9(2)15-17)14-13(21)10-4-6-18(16-10)7-5-12(19)20/h4,6,8H,3,5,7H2,1-2H3,(H,14,21)(H,19,20). The first kappa shape index (κ1) is 14.8. The minimum atomic E-state index is -0.904. The van der Waals surface area contributed by atoms with Crippen molar-refractivity contribution in [2.45, 2.75) is 33.4 Å². The third-order valence-corrected chi connectivity index (χ3v) is 2.95. The number of aryl methyl sites for hydroxylation is 3. The highest BCUT2D eigenvalue weighted by atomic mass is 16.4. The monoisotopic (exact) mass is 291 g/mol. The summed E-state index contributed by atoms with van der Waals surface area (Å²) in [5.41, 5.74) is 1.61. The number of hydrogen-bond donors (Lipinski definition) is 2. The molecule has 2 N–H and O–H groups in total. The molecule has 2 aromatic heterocycles. The SMILES string of the molecule is CCn1cc(NC(=O)c2ccn(CCC(=O)O)n2)c(C)n1. The van der Waals surface area contributed by atoms with E-state index in [4.69, 9.17) is 5.11 Å². The summed E-state index contributed by atoms with van der Waals surface area (Å²) in [5.74, 6) is -1.25. The number of amides is 1. The van der Waals surface area contributed by atoms with E-state index in [1.54, 1.807) is 23.1 Å². The van der Waals surface area contributed by atoms with E-state index in [9.17, 15) is 9.59 Å². The van der Waals surface area contributed by atoms with Gasteiger partial charge in [0.15, 0.2) is 5.69 Å². The number of anilines is 1. The van der Waals surface area contributed by atoms with Crippen LogP contribution in [0.25, 0.3) is 0 Å². The molecule has 0 aliphatic rings. The van der Waals surface area contributed by atoms with Crippen LogP contribution >= 0.6 is 0 Å². The molecule has 0 bridgehead atoms. The predicted molar refractivity (Wildman–Crippen MR) is 75.1 cm³/mol. The second kappa shape index (κ2) is 6.21. The number of carbonyl (C=O) groups is 2. The van der Waals surface area contributed by atoms with E-state index in [0.29, 0.717) is 5.69 Å². The van der Waals surface area contributed by atoms with Crippen LogP contribution in [0.3, 0.4) is 0 Å². The Morgan fingerprint density at radius 1 is 1.33 bits per heavy atom. The van der Waals surface area contributed by atoms with Crippen molar-refractivity contribution in [3.8, 4) is 0 Å². The number of aliphatic carboxylic acids is 1. The maximum atomic E-state index is 12.1. The van der Waals surface area contributed by atoms with Gasteiger partial charge in [0.2, 0.25) is 0 Å². The van der Waals surface area contributed by atoms with Gasteiger partial charge in [-0.2, -0.15) is 10.2 Å². The first-order valence-corrected chi connectivity index (χ1v) is 6.60. The fourth-order valence-corrected chi connectivity index (χ4v) is 1.81. The molecule has 0 atom stereocenters. The molecule has 2 heterocycles. The van der Waals surface area contributed by atoms with Crippen molar-refractivity contribution in [2.75, 3.05) is 5.32 Å². The number of carboxylic acids is 1. The van der Waals surface area contributed by atoms with Gasteiger partial charge in [-0.05, 0) is 19.9 Å². The van der Waals surface area contributed by atoms with Crippen molar-refractivity contribution in [2.24, 2.45) is 0 Å². The number of carbonyl (C=O) groups excluding carboxylic acids is 1. The fourth-order valence-electron chi connectivity index (χ4n) is 1.81. The summed E-state index contributed by atoms with van der Waals surface area (Å²) in [7, 11) is 0. The van der Waals surface area contributed by atoms with Gasteiger partial charge in [0, 0.05) is 18.9 Å². The van der Waals surface area contributed by atoms with Gasteiger partial charge in [-0.1, -0.05) is 0 Å². The molecule has 8 nitrogen and oxygen atoms in total. The van der Waals surface area contributed by atoms with Crippen LogP contribution in [-0.2, 0) is 17.9 Å². The van der Waals surface area contributed by atoms with Gasteiger partial charge >= 0.3 is 5.97 Å². The molecule has 0 fully saturated rings. The molecule has 21 heavy (non-hydrogen) atoms. The van der Waals surface area contributed by atoms with Crippen LogP contribution in [0, 0.1) is 6.92 Å². The summed E-state index contributed by atoms with van der Waals surface area (Å²) in [4.78, 5) is 22.6. The summed E-state index contributed by atoms with van der Waals surface area (Å²) in [5, 5.41) is 19.6. The smallest absolute Gasteiger partial charge is 0.305 e. The molecule has 0 radical (unpaired) electrons. The van der Waals surface area contributed by atoms with Crippen LogP contribution in [0.4, 0.5) is 5.69 Å². The molecule has 0 aliphatic heterocycles. The van der Waals surface area contributed by atoms with E-state index < -0.39 is 5.97 Å². The third kappa shape index (κ3) is 3.68. The Bertz CT molecular complexity index is 659. The van der Waals surface area contributed by atoms with Crippen molar-refractivity contribution in [3.63, 3.8) is 0 Å². The fraction of sp³-hybridized carbons (Fsp3) is 0.385. The number of rotatable bonds is 6. The zero-order valence-corrected chi connectivity index (χ0v) is 11.9. The lowest BCUT2D eigenvalue weighted by Gasteiger charge is -2.01. The Labute approximate surface area is 121 Å². The van der Waals surface area contributed by atoms with E-state index in [0.717, 1.165) is 12.2 Å². The molecule has 0 spiro atoms. The zero-order chi connectivity index (χ0) is 15.4. The minimum absolute atomic E-state index is 0.0366. The molecule has 0 unspecified atom stereocenters. The molecular weight excluding hydrogens is 274 g/mol. The van der Waals surface area contributed by atoms with Gasteiger partial charge < -0.3 is 10.4 Å². The lowest BCUT2D eigenvalue weighted by Crippen LogP contribution is -2.14. The third-order valence-electron chi connectivity index (χ3n) is 2.95. The summed E-state index contributed by atoms with van der Waals surface area (Å²) in [6, 6.07) is 1.55. The number of carboxylic acid groups (broad SMARTS) is 1. The van der Waals surface area contributed by atoms with Crippen LogP contribution in [-0.4, -0.2) is 36.5 Å². The normalized spacial score (nSPS) is 10.6. The summed E-state index contributed by atoms with van der Waals surface area (Å²) >= 11 is 0. The van der Waals surface area contributed by atoms with Gasteiger partial charge in [0.05, 0.1) is 24.3 Å². The quantitative estimate of drug-likeness (QED) is 0.830. The van der Waals surface area contributed by atoms with Crippen molar-refractivity contribution >= 4 is 17.6 Å². The molecular formula is C13H17N5O3. The molecule has 0 saturated carbocycles. The summed E-state index contributed by atoms with van der Waals surface area (Å²) in [6.45, 7) is 4.73. The molecule has 0 aromatic carbocycles. The Balaban J connectivity index is 2.03. The lowest BCUT2D eigenvalue weighted by molar-refractivity contribution is -0.137. The zero-order valence-electron chi connectivity index (χ0n) is 11.9. The van der Waals surface area contributed by atoms with Crippen LogP contribution in [0.5, 0.6) is 0 Å². The molecule has 2 aromatic rings. The van der Waals surface area contributed by atoms with Crippen molar-refractivity contribution in [1.29, 1.82) is 0 Å². The van der Waals surface area contributed by atoms with Gasteiger partial charge in [0.25, 0.3) is 5.91 Å². The average molecular weight is 291 g/mol. The summed E-state index contributed by atoms with van der Waals surface area (Å²) < 4.78 is 3.17. The maximum absolute atomic E-state index is 12.1. The molecule has 8 heteroatoms. The van der Waals surface area contributed by atoms with Crippen molar-refractivity contribution in [1.82, 2.24) is 19.6 Å². The van der Waals surface area contributed by atoms with E-state index in [-0.39, 0.29) is 24.6 Å². The first-order chi connectivity index (χ1) is 9.99. The van der Waals surface area contributed by atoms with Gasteiger partial charge in [-0.3, -0.25) is 19.0 Å². The maximum Gasteiger partial charge on any atom is 0.305 e. The highest BCUT2D eigenvalue weighted by Crippen LogP contribution is 2.13. The molecule has 2 rings (SSSR count). The topological polar surface area (TPSA) is 102 Å². The van der Waals surface area contributed by atoms with Crippen molar-refractivity contribution < 1.29 is 14.7 Å². The van der Waals surface area contributed by atoms with E-state index in [1.165, 1.54) is 4.68 Å². The molecule has 0 saturated heterocycles. The van der Waals surface area contributed by atoms with E-state index in [1.807, 2.05) is 13.8 Å². The Kier molecular flexibility index (Phi) is 4.36. The predicted octanol–water partition coefficient (Wildman–Crippen LogP) is 1.13. The van der Waals surface area contributed by atoms with Gasteiger partial charge in [-0.15, -0.1) is 0 Å². The number of hydrogen-bond acceptors (Lipinski definition) is 4. The Hall–Kier alpha value is -2.64. The molecule has 0 aliphatic carbocycles. The Morgan fingerprint density at radius 2 is 2.10 bits per heavy atom. The highest BCUT2D eigenvalue weighted by Gasteiger charge is 2.13. The average Bonchev–Trinajstić information content (AvgIpc) is 3.04. The summed E-state index contributed by atoms with van der Waals surface area (Å²) in [6.07, 6.45) is 3.31. The van der Waals surface area contributed by atoms with Crippen LogP contribution in [0.2, 0.25) is 0 Å². The lowest BCUT2D eigenvalue weighted by atomic mass is 10.3. The van der Waals surface area contributed by atoms with E-state index in [2.05, 4.69) is 15.5 Å². The Morgan fingerprint density at radius 3 is 2.71 bits per heavy atom. The number of nitrogens with zero attached hydrogens (tertiary/aromatic N) is 4. The minimum Gasteiger partial charge on any atom is -0.481 e. The molecule has 1 amide bonds. The van der Waals surface area contributed by atoms with Crippen LogP contribution < -0.4 is 5.32 Å². The largest absolute Gasteiger partial charge is 0.481 e. The van der Waals surface area contributed by atoms with Gasteiger partial charge in [0.1, 0.15) is 0 Å². The highest BCUT2D eigenvalue weighted by molar-refractivity contribution is 6.03. The van der Waals surface area contributed by atoms with Crippen LogP contribution in [0.15, 0.2) is 18.5 Å². The van der Waals surface area contributed by atoms with Crippen LogP contribution in [0.1, 0.15) is 29.5 Å². The van der Waals surface area contributed by atoms with Crippen molar-refractivity contribution in [3.05, 3.63) is 29.8 Å². The molecule has 112 valence electrons. The van der Waals surface area contributed by atoms with E-state index >= 15 is 0 Å². The first-order valence-electron chi connectivity index (χ1n) is 6.60.